The summed E-state index contributed by atoms with van der Waals surface area (Å²) in [5.41, 5.74) is 2.13. The van der Waals surface area contributed by atoms with Crippen molar-refractivity contribution >= 4 is 29.2 Å². The molecule has 22 heteroatoms. The molecule has 1 spiro atoms. The van der Waals surface area contributed by atoms with Gasteiger partial charge in [0.25, 0.3) is 0 Å². The lowest BCUT2D eigenvalue weighted by atomic mass is 10.0. The number of alkyl halides is 9. The molecule has 2 aromatic heterocycles. The van der Waals surface area contributed by atoms with Gasteiger partial charge in [-0.2, -0.15) is 39.5 Å². The molecule has 2 saturated heterocycles. The van der Waals surface area contributed by atoms with Crippen LogP contribution < -0.4 is 0 Å². The molecule has 4 rings (SSSR count). The van der Waals surface area contributed by atoms with E-state index < -0.39 is 36.4 Å². The zero-order valence-corrected chi connectivity index (χ0v) is 25.0. The fourth-order valence-electron chi connectivity index (χ4n) is 3.82. The van der Waals surface area contributed by atoms with E-state index in [2.05, 4.69) is 38.1 Å². The van der Waals surface area contributed by atoms with Crippen LogP contribution in [-0.4, -0.2) is 123 Å². The number of carbonyl (C=O) groups is 3. The van der Waals surface area contributed by atoms with Crippen LogP contribution in [0.15, 0.2) is 29.9 Å². The number of thiazole rings is 1. The van der Waals surface area contributed by atoms with Gasteiger partial charge in [0.1, 0.15) is 5.60 Å². The first-order valence-electron chi connectivity index (χ1n) is 12.9. The van der Waals surface area contributed by atoms with Gasteiger partial charge in [-0.15, -0.1) is 11.3 Å². The van der Waals surface area contributed by atoms with E-state index >= 15 is 0 Å². The van der Waals surface area contributed by atoms with Crippen LogP contribution in [0.2, 0.25) is 0 Å². The van der Waals surface area contributed by atoms with Crippen LogP contribution in [0, 0.1) is 6.92 Å². The Labute approximate surface area is 264 Å². The van der Waals surface area contributed by atoms with Crippen LogP contribution in [0.1, 0.15) is 16.3 Å². The molecule has 4 heterocycles. The number of carboxylic acid groups (broad SMARTS) is 3. The van der Waals surface area contributed by atoms with Crippen LogP contribution in [0.4, 0.5) is 39.5 Å². The van der Waals surface area contributed by atoms with E-state index in [1.807, 2.05) is 18.5 Å². The average Bonchev–Trinajstić information content (AvgIpc) is 3.25. The van der Waals surface area contributed by atoms with E-state index in [0.29, 0.717) is 6.61 Å². The Morgan fingerprint density at radius 1 is 0.872 bits per heavy atom. The molecule has 12 nitrogen and oxygen atoms in total. The zero-order chi connectivity index (χ0) is 36.1. The quantitative estimate of drug-likeness (QED) is 0.393. The lowest BCUT2D eigenvalue weighted by molar-refractivity contribution is -0.193. The minimum absolute atomic E-state index is 0.262. The number of nitrogens with zero attached hydrogens (tertiary/aromatic N) is 4. The number of rotatable bonds is 4. The van der Waals surface area contributed by atoms with Crippen molar-refractivity contribution in [3.8, 4) is 0 Å². The Kier molecular flexibility index (Phi) is 15.9. The second kappa shape index (κ2) is 18.1. The van der Waals surface area contributed by atoms with Gasteiger partial charge in [-0.25, -0.2) is 19.4 Å². The van der Waals surface area contributed by atoms with Gasteiger partial charge < -0.3 is 24.8 Å². The summed E-state index contributed by atoms with van der Waals surface area (Å²) in [6.45, 7) is 9.61. The minimum atomic E-state index is -5.08. The summed E-state index contributed by atoms with van der Waals surface area (Å²) in [5, 5.41) is 24.7. The molecule has 2 aromatic rings. The molecule has 266 valence electrons. The fraction of sp³-hybridized carbons (Fsp3) is 0.560. The summed E-state index contributed by atoms with van der Waals surface area (Å²) in [6, 6.07) is 4.13. The number of aliphatic carboxylic acids is 3. The van der Waals surface area contributed by atoms with Crippen LogP contribution in [0.3, 0.4) is 0 Å². The number of hydrogen-bond acceptors (Lipinski definition) is 10. The summed E-state index contributed by atoms with van der Waals surface area (Å²) >= 11 is 1.71. The second-order valence-electron chi connectivity index (χ2n) is 9.63. The van der Waals surface area contributed by atoms with Gasteiger partial charge in [-0.1, -0.05) is 6.07 Å². The Bertz CT molecular complexity index is 1220. The molecule has 3 N–H and O–H groups in total. The van der Waals surface area contributed by atoms with Crippen LogP contribution in [0.5, 0.6) is 0 Å². The molecule has 0 saturated carbocycles. The molecule has 0 aromatic carbocycles. The predicted octanol–water partition coefficient (Wildman–Crippen LogP) is 3.85. The molecule has 47 heavy (non-hydrogen) atoms. The van der Waals surface area contributed by atoms with Gasteiger partial charge in [-0.3, -0.25) is 14.8 Å². The van der Waals surface area contributed by atoms with E-state index in [1.165, 1.54) is 5.56 Å². The van der Waals surface area contributed by atoms with Crippen molar-refractivity contribution in [3.05, 3.63) is 46.2 Å². The summed E-state index contributed by atoms with van der Waals surface area (Å²) in [6.07, 6.45) is -11.5. The number of hydrogen-bond donors (Lipinski definition) is 3. The number of morpholine rings is 1. The summed E-state index contributed by atoms with van der Waals surface area (Å²) < 4.78 is 107. The van der Waals surface area contributed by atoms with Crippen LogP contribution in [0.25, 0.3) is 0 Å². The standard InChI is InChI=1S/C19H26N4O2S.3C2HF3O2/c1-16-21-18(12-26-16)11-23-5-7-24-15-19(14-23)13-22(6-8-25-19)10-17-3-2-4-20-9-17;3*3-2(4,5)1(6)7/h2-4,9,12H,5-8,10-11,13-15H2,1H3;3*(H,6,7). The Morgan fingerprint density at radius 2 is 1.36 bits per heavy atom. The molecule has 2 fully saturated rings. The summed E-state index contributed by atoms with van der Waals surface area (Å²) in [7, 11) is 0. The van der Waals surface area contributed by atoms with Gasteiger partial charge >= 0.3 is 36.4 Å². The Hall–Kier alpha value is -3.60. The molecule has 2 aliphatic heterocycles. The van der Waals surface area contributed by atoms with Gasteiger partial charge in [0.2, 0.25) is 0 Å². The number of aryl methyl sites for hydroxylation is 1. The van der Waals surface area contributed by atoms with Crippen molar-refractivity contribution in [2.45, 2.75) is 44.1 Å². The van der Waals surface area contributed by atoms with Crippen molar-refractivity contribution < 1.29 is 78.7 Å². The monoisotopic (exact) mass is 716 g/mol. The summed E-state index contributed by atoms with van der Waals surface area (Å²) in [4.78, 5) is 40.4. The SMILES string of the molecule is Cc1nc(CN2CCOCC3(CN(Cc4cccnc4)CCO3)C2)cs1.O=C(O)C(F)(F)F.O=C(O)C(F)(F)F.O=C(O)C(F)(F)F. The van der Waals surface area contributed by atoms with Gasteiger partial charge in [-0.05, 0) is 18.6 Å². The van der Waals surface area contributed by atoms with E-state index in [0.717, 1.165) is 63.2 Å². The number of ether oxygens (including phenoxy) is 2. The molecule has 0 amide bonds. The topological polar surface area (TPSA) is 163 Å². The lowest BCUT2D eigenvalue weighted by Crippen LogP contribution is -2.58. The zero-order valence-electron chi connectivity index (χ0n) is 24.2. The number of aromatic nitrogens is 2. The van der Waals surface area contributed by atoms with Crippen molar-refractivity contribution in [2.24, 2.45) is 0 Å². The fourth-order valence-corrected chi connectivity index (χ4v) is 4.42. The first kappa shape index (κ1) is 41.4. The van der Waals surface area contributed by atoms with Crippen molar-refractivity contribution in [2.75, 3.05) is 46.0 Å². The minimum Gasteiger partial charge on any atom is -0.475 e. The average molecular weight is 717 g/mol. The molecular weight excluding hydrogens is 687 g/mol. The molecule has 2 aliphatic rings. The highest BCUT2D eigenvalue weighted by molar-refractivity contribution is 7.09. The van der Waals surface area contributed by atoms with Crippen molar-refractivity contribution in [1.29, 1.82) is 0 Å². The molecule has 0 aliphatic carbocycles. The van der Waals surface area contributed by atoms with E-state index in [9.17, 15) is 39.5 Å². The number of halogens is 9. The smallest absolute Gasteiger partial charge is 0.475 e. The molecule has 0 radical (unpaired) electrons. The maximum atomic E-state index is 10.6. The van der Waals surface area contributed by atoms with Gasteiger partial charge in [0, 0.05) is 57.0 Å². The van der Waals surface area contributed by atoms with E-state index in [4.69, 9.17) is 39.2 Å². The van der Waals surface area contributed by atoms with E-state index in [1.54, 1.807) is 11.3 Å². The summed E-state index contributed by atoms with van der Waals surface area (Å²) in [5.74, 6) is -8.27. The van der Waals surface area contributed by atoms with Crippen molar-refractivity contribution in [3.63, 3.8) is 0 Å². The lowest BCUT2D eigenvalue weighted by Gasteiger charge is -2.43. The van der Waals surface area contributed by atoms with Crippen LogP contribution in [-0.2, 0) is 36.9 Å². The Balaban J connectivity index is 0.000000430. The highest BCUT2D eigenvalue weighted by atomic mass is 32.1. The number of carboxylic acids is 3. The highest BCUT2D eigenvalue weighted by Gasteiger charge is 2.41. The largest absolute Gasteiger partial charge is 0.490 e. The van der Waals surface area contributed by atoms with Crippen molar-refractivity contribution in [1.82, 2.24) is 19.8 Å². The Morgan fingerprint density at radius 3 is 1.79 bits per heavy atom. The molecule has 1 atom stereocenters. The molecule has 1 unspecified atom stereocenters. The second-order valence-corrected chi connectivity index (χ2v) is 10.7. The normalized spacial score (nSPS) is 19.1. The predicted molar refractivity (Wildman–Crippen MR) is 142 cm³/mol. The third-order valence-electron chi connectivity index (χ3n) is 5.66. The third-order valence-corrected chi connectivity index (χ3v) is 6.49. The first-order chi connectivity index (χ1) is 21.5. The highest BCUT2D eigenvalue weighted by Crippen LogP contribution is 2.25. The maximum Gasteiger partial charge on any atom is 0.490 e. The number of pyridine rings is 1. The maximum absolute atomic E-state index is 10.6. The first-order valence-corrected chi connectivity index (χ1v) is 13.8. The van der Waals surface area contributed by atoms with E-state index in [-0.39, 0.29) is 5.60 Å². The molecule has 0 bridgehead atoms. The van der Waals surface area contributed by atoms with Gasteiger partial charge in [0.05, 0.1) is 30.5 Å². The third kappa shape index (κ3) is 16.7. The van der Waals surface area contributed by atoms with Gasteiger partial charge in [0.15, 0.2) is 0 Å². The van der Waals surface area contributed by atoms with Crippen LogP contribution >= 0.6 is 11.3 Å². The molecular formula is C25H29F9N4O8S.